The van der Waals surface area contributed by atoms with E-state index in [1.54, 1.807) is 26.8 Å². The van der Waals surface area contributed by atoms with Gasteiger partial charge in [0, 0.05) is 26.2 Å². The third-order valence-corrected chi connectivity index (χ3v) is 6.87. The molecule has 2 amide bonds. The standard InChI is InChI=1S/C26H29ClF4N4O3/c1-25(2,3)38-24(37)35-12-15(13-35)23(36)34(4)22(26(29,30)31)20-8-6-16(11-32-20)33-17-9-14-5-7-19(27)21(28)18(14)10-17/h5-8,11,15,17,22,33H,9-10,12-13H2,1-4H3/t17?,22-/m0/s1. The van der Waals surface area contributed by atoms with Crippen LogP contribution in [-0.2, 0) is 22.4 Å². The van der Waals surface area contributed by atoms with Crippen LogP contribution in [0.15, 0.2) is 30.5 Å². The molecule has 12 heteroatoms. The van der Waals surface area contributed by atoms with E-state index in [2.05, 4.69) is 10.3 Å². The molecule has 38 heavy (non-hydrogen) atoms. The molecule has 0 saturated carbocycles. The number of carbonyl (C=O) groups is 2. The molecule has 2 aliphatic rings. The van der Waals surface area contributed by atoms with E-state index < -0.39 is 41.6 Å². The second kappa shape index (κ2) is 10.2. The Morgan fingerprint density at radius 3 is 2.42 bits per heavy atom. The highest BCUT2D eigenvalue weighted by Crippen LogP contribution is 2.38. The predicted octanol–water partition coefficient (Wildman–Crippen LogP) is 5.38. The van der Waals surface area contributed by atoms with Crippen LogP contribution in [0.25, 0.3) is 0 Å². The maximum absolute atomic E-state index is 14.3. The average Bonchev–Trinajstić information content (AvgIpc) is 3.17. The lowest BCUT2D eigenvalue weighted by Crippen LogP contribution is -2.57. The molecule has 206 valence electrons. The predicted molar refractivity (Wildman–Crippen MR) is 133 cm³/mol. The van der Waals surface area contributed by atoms with E-state index >= 15 is 0 Å². The van der Waals surface area contributed by atoms with E-state index in [4.69, 9.17) is 16.3 Å². The highest BCUT2D eigenvalue weighted by molar-refractivity contribution is 6.30. The van der Waals surface area contributed by atoms with Crippen molar-refractivity contribution in [3.63, 3.8) is 0 Å². The highest BCUT2D eigenvalue weighted by atomic mass is 35.5. The Hall–Kier alpha value is -3.08. The van der Waals surface area contributed by atoms with E-state index in [-0.39, 0.29) is 29.8 Å². The molecular weight excluding hydrogens is 528 g/mol. The number of hydrogen-bond acceptors (Lipinski definition) is 5. The minimum atomic E-state index is -4.77. The maximum Gasteiger partial charge on any atom is 0.414 e. The number of anilines is 1. The van der Waals surface area contributed by atoms with Crippen LogP contribution in [0.4, 0.5) is 28.0 Å². The van der Waals surface area contributed by atoms with Gasteiger partial charge in [0.25, 0.3) is 0 Å². The molecule has 1 unspecified atom stereocenters. The number of benzene rings is 1. The zero-order valence-electron chi connectivity index (χ0n) is 21.4. The van der Waals surface area contributed by atoms with Gasteiger partial charge in [-0.2, -0.15) is 13.2 Å². The summed E-state index contributed by atoms with van der Waals surface area (Å²) in [4.78, 5) is 30.9. The Morgan fingerprint density at radius 2 is 1.84 bits per heavy atom. The second-order valence-electron chi connectivity index (χ2n) is 10.7. The van der Waals surface area contributed by atoms with Gasteiger partial charge >= 0.3 is 12.3 Å². The number of likely N-dealkylation sites (tertiary alicyclic amines) is 1. The molecule has 1 aliphatic carbocycles. The van der Waals surface area contributed by atoms with Gasteiger partial charge in [-0.05, 0) is 62.9 Å². The number of fused-ring (bicyclic) bond motifs is 1. The third kappa shape index (κ3) is 5.98. The Morgan fingerprint density at radius 1 is 1.16 bits per heavy atom. The molecule has 2 aromatic rings. The molecule has 1 fully saturated rings. The van der Waals surface area contributed by atoms with Crippen LogP contribution in [0.3, 0.4) is 0 Å². The van der Waals surface area contributed by atoms with Gasteiger partial charge < -0.3 is 19.9 Å². The second-order valence-corrected chi connectivity index (χ2v) is 11.1. The van der Waals surface area contributed by atoms with E-state index in [0.29, 0.717) is 29.0 Å². The molecule has 1 aromatic carbocycles. The molecule has 0 spiro atoms. The number of nitrogens with zero attached hydrogens (tertiary/aromatic N) is 3. The Balaban J connectivity index is 1.40. The number of ether oxygens (including phenoxy) is 1. The van der Waals surface area contributed by atoms with Crippen molar-refractivity contribution in [1.29, 1.82) is 0 Å². The molecular formula is C26H29ClF4N4O3. The topological polar surface area (TPSA) is 74.8 Å². The van der Waals surface area contributed by atoms with Crippen LogP contribution in [0, 0.1) is 11.7 Å². The summed E-state index contributed by atoms with van der Waals surface area (Å²) < 4.78 is 61.7. The van der Waals surface area contributed by atoms with Gasteiger partial charge in [-0.3, -0.25) is 9.78 Å². The summed E-state index contributed by atoms with van der Waals surface area (Å²) >= 11 is 5.86. The van der Waals surface area contributed by atoms with Crippen LogP contribution in [0.1, 0.15) is 43.6 Å². The van der Waals surface area contributed by atoms with Crippen molar-refractivity contribution in [3.05, 3.63) is 58.1 Å². The summed E-state index contributed by atoms with van der Waals surface area (Å²) in [7, 11) is 1.08. The number of alkyl halides is 3. The first kappa shape index (κ1) is 27.9. The van der Waals surface area contributed by atoms with Gasteiger partial charge in [0.15, 0.2) is 6.04 Å². The monoisotopic (exact) mass is 556 g/mol. The number of hydrogen-bond donors (Lipinski definition) is 1. The van der Waals surface area contributed by atoms with Gasteiger partial charge in [-0.25, -0.2) is 9.18 Å². The molecule has 1 aliphatic heterocycles. The summed E-state index contributed by atoms with van der Waals surface area (Å²) in [6, 6.07) is 3.52. The number of amides is 2. The third-order valence-electron chi connectivity index (χ3n) is 6.57. The molecule has 2 atom stereocenters. The lowest BCUT2D eigenvalue weighted by atomic mass is 9.97. The molecule has 0 bridgehead atoms. The fourth-order valence-corrected chi connectivity index (χ4v) is 4.91. The molecule has 7 nitrogen and oxygen atoms in total. The Kier molecular flexibility index (Phi) is 7.53. The lowest BCUT2D eigenvalue weighted by molar-refractivity contribution is -0.193. The fraction of sp³-hybridized carbons (Fsp3) is 0.500. The fourth-order valence-electron chi connectivity index (χ4n) is 4.73. The molecule has 1 aromatic heterocycles. The zero-order chi connectivity index (χ0) is 28.0. The van der Waals surface area contributed by atoms with E-state index in [1.807, 2.05) is 0 Å². The van der Waals surface area contributed by atoms with Crippen LogP contribution < -0.4 is 5.32 Å². The summed E-state index contributed by atoms with van der Waals surface area (Å²) in [5, 5.41) is 3.22. The van der Waals surface area contributed by atoms with Crippen molar-refractivity contribution in [1.82, 2.24) is 14.8 Å². The van der Waals surface area contributed by atoms with Crippen LogP contribution >= 0.6 is 11.6 Å². The SMILES string of the molecule is CN(C(=O)C1CN(C(=O)OC(C)(C)C)C1)[C@@H](c1ccc(NC2Cc3ccc(Cl)c(F)c3C2)cn1)C(F)(F)F. The van der Waals surface area contributed by atoms with E-state index in [1.165, 1.54) is 29.3 Å². The normalized spacial score (nSPS) is 18.4. The highest BCUT2D eigenvalue weighted by Gasteiger charge is 2.49. The quantitative estimate of drug-likeness (QED) is 0.500. The summed E-state index contributed by atoms with van der Waals surface area (Å²) in [5.41, 5.74) is 0.767. The summed E-state index contributed by atoms with van der Waals surface area (Å²) in [6.07, 6.45) is -3.20. The number of nitrogens with one attached hydrogen (secondary N) is 1. The van der Waals surface area contributed by atoms with Crippen molar-refractivity contribution in [2.45, 2.75) is 57.5 Å². The molecule has 4 rings (SSSR count). The first-order valence-corrected chi connectivity index (χ1v) is 12.5. The molecule has 1 saturated heterocycles. The van der Waals surface area contributed by atoms with Gasteiger partial charge in [0.2, 0.25) is 5.91 Å². The first-order chi connectivity index (χ1) is 17.6. The van der Waals surface area contributed by atoms with Crippen molar-refractivity contribution < 1.29 is 31.9 Å². The Bertz CT molecular complexity index is 1210. The number of rotatable bonds is 5. The van der Waals surface area contributed by atoms with Gasteiger partial charge in [0.1, 0.15) is 11.4 Å². The minimum absolute atomic E-state index is 0.0193. The average molecular weight is 557 g/mol. The number of carbonyl (C=O) groups excluding carboxylic acids is 2. The minimum Gasteiger partial charge on any atom is -0.444 e. The first-order valence-electron chi connectivity index (χ1n) is 12.1. The Labute approximate surface area is 223 Å². The maximum atomic E-state index is 14.3. The zero-order valence-corrected chi connectivity index (χ0v) is 22.2. The van der Waals surface area contributed by atoms with Crippen LogP contribution in [0.2, 0.25) is 5.02 Å². The number of halogens is 5. The van der Waals surface area contributed by atoms with E-state index in [0.717, 1.165) is 12.6 Å². The van der Waals surface area contributed by atoms with Gasteiger partial charge in [0.05, 0.1) is 28.5 Å². The van der Waals surface area contributed by atoms with Crippen molar-refractivity contribution in [3.8, 4) is 0 Å². The number of aromatic nitrogens is 1. The van der Waals surface area contributed by atoms with E-state index in [9.17, 15) is 27.2 Å². The summed E-state index contributed by atoms with van der Waals surface area (Å²) in [6.45, 7) is 5.06. The lowest BCUT2D eigenvalue weighted by Gasteiger charge is -2.41. The van der Waals surface area contributed by atoms with Crippen molar-refractivity contribution >= 4 is 29.3 Å². The smallest absolute Gasteiger partial charge is 0.414 e. The van der Waals surface area contributed by atoms with Crippen molar-refractivity contribution in [2.75, 3.05) is 25.5 Å². The molecule has 0 radical (unpaired) electrons. The molecule has 1 N–H and O–H groups in total. The van der Waals surface area contributed by atoms with Crippen LogP contribution in [0.5, 0.6) is 0 Å². The van der Waals surface area contributed by atoms with Gasteiger partial charge in [-0.15, -0.1) is 0 Å². The van der Waals surface area contributed by atoms with Crippen molar-refractivity contribution in [2.24, 2.45) is 5.92 Å². The summed E-state index contributed by atoms with van der Waals surface area (Å²) in [5.74, 6) is -1.96. The largest absolute Gasteiger partial charge is 0.444 e. The number of pyridine rings is 1. The van der Waals surface area contributed by atoms with Gasteiger partial charge in [-0.1, -0.05) is 17.7 Å². The molecule has 2 heterocycles. The van der Waals surface area contributed by atoms with Crippen LogP contribution in [-0.4, -0.2) is 64.7 Å².